The Balaban J connectivity index is 1.55. The molecule has 1 fully saturated rings. The van der Waals surface area contributed by atoms with Crippen molar-refractivity contribution in [3.8, 4) is 22.5 Å². The van der Waals surface area contributed by atoms with E-state index in [1.807, 2.05) is 40.9 Å². The maximum atomic E-state index is 12.4. The molecular formula is C27H30N6O3S. The molecular weight excluding hydrogens is 488 g/mol. The number of amides is 1. The van der Waals surface area contributed by atoms with E-state index in [4.69, 9.17) is 4.98 Å². The number of sulfonamides is 1. The van der Waals surface area contributed by atoms with Crippen LogP contribution in [0.4, 0.5) is 11.5 Å². The highest BCUT2D eigenvalue weighted by Crippen LogP contribution is 2.29. The second kappa shape index (κ2) is 9.85. The Bertz CT molecular complexity index is 1560. The summed E-state index contributed by atoms with van der Waals surface area (Å²) < 4.78 is 28.0. The number of fused-ring (bicyclic) bond motifs is 1. The molecule has 3 N–H and O–H groups in total. The van der Waals surface area contributed by atoms with Gasteiger partial charge in [0.1, 0.15) is 0 Å². The standard InChI is InChI=1S/C27H30N6O3S/c1-17(2)14-28-25-26-29-15-24(18-7-9-19(10-8-18)27(34)30-21-11-12-21)33(26)16-23(31-25)20-5-4-6-22(13-20)32-37(3,35)36/h4-10,13,15-17,21,32H,11-12,14H2,1-3H3,(H,28,31)(H,30,34). The molecule has 0 aliphatic heterocycles. The lowest BCUT2D eigenvalue weighted by atomic mass is 10.1. The minimum absolute atomic E-state index is 0.0542. The molecule has 1 saturated carbocycles. The molecule has 0 atom stereocenters. The van der Waals surface area contributed by atoms with E-state index in [-0.39, 0.29) is 5.91 Å². The first-order valence-corrected chi connectivity index (χ1v) is 14.2. The number of carbonyl (C=O) groups is 1. The Labute approximate surface area is 216 Å². The Hall–Kier alpha value is -3.92. The minimum atomic E-state index is -3.41. The van der Waals surface area contributed by atoms with E-state index >= 15 is 0 Å². The van der Waals surface area contributed by atoms with Crippen LogP contribution in [0.3, 0.4) is 0 Å². The second-order valence-corrected chi connectivity index (χ2v) is 11.6. The first-order chi connectivity index (χ1) is 17.7. The van der Waals surface area contributed by atoms with E-state index in [1.165, 1.54) is 0 Å². The summed E-state index contributed by atoms with van der Waals surface area (Å²) in [6.07, 6.45) is 6.90. The lowest BCUT2D eigenvalue weighted by Crippen LogP contribution is -2.25. The molecule has 4 aromatic rings. The Morgan fingerprint density at radius 1 is 1.11 bits per heavy atom. The van der Waals surface area contributed by atoms with Crippen molar-refractivity contribution >= 4 is 33.1 Å². The predicted molar refractivity (Wildman–Crippen MR) is 146 cm³/mol. The van der Waals surface area contributed by atoms with Gasteiger partial charge in [0.2, 0.25) is 10.0 Å². The van der Waals surface area contributed by atoms with Crippen molar-refractivity contribution in [3.63, 3.8) is 0 Å². The molecule has 10 heteroatoms. The van der Waals surface area contributed by atoms with E-state index in [9.17, 15) is 13.2 Å². The number of carbonyl (C=O) groups excluding carboxylic acids is 1. The van der Waals surface area contributed by atoms with Crippen LogP contribution in [-0.2, 0) is 10.0 Å². The lowest BCUT2D eigenvalue weighted by molar-refractivity contribution is 0.0951. The summed E-state index contributed by atoms with van der Waals surface area (Å²) in [7, 11) is -3.41. The summed E-state index contributed by atoms with van der Waals surface area (Å²) in [5.74, 6) is 0.984. The van der Waals surface area contributed by atoms with E-state index in [1.54, 1.807) is 24.4 Å². The number of aromatic nitrogens is 3. The number of hydrogen-bond acceptors (Lipinski definition) is 6. The third kappa shape index (κ3) is 5.91. The molecule has 2 aromatic carbocycles. The molecule has 9 nitrogen and oxygen atoms in total. The van der Waals surface area contributed by atoms with Gasteiger partial charge < -0.3 is 10.6 Å². The molecule has 0 bridgehead atoms. The summed E-state index contributed by atoms with van der Waals surface area (Å²) >= 11 is 0. The number of benzene rings is 2. The zero-order valence-electron chi connectivity index (χ0n) is 21.0. The number of rotatable bonds is 9. The molecule has 1 aliphatic rings. The van der Waals surface area contributed by atoms with Crippen molar-refractivity contribution in [2.75, 3.05) is 22.8 Å². The third-order valence-corrected chi connectivity index (χ3v) is 6.59. The third-order valence-electron chi connectivity index (χ3n) is 5.99. The largest absolute Gasteiger partial charge is 0.367 e. The smallest absolute Gasteiger partial charge is 0.251 e. The average molecular weight is 519 g/mol. The van der Waals surface area contributed by atoms with Crippen molar-refractivity contribution in [2.24, 2.45) is 5.92 Å². The van der Waals surface area contributed by atoms with E-state index in [0.717, 1.165) is 42.5 Å². The minimum Gasteiger partial charge on any atom is -0.367 e. The monoisotopic (exact) mass is 518 g/mol. The van der Waals surface area contributed by atoms with Gasteiger partial charge in [-0.2, -0.15) is 0 Å². The highest BCUT2D eigenvalue weighted by molar-refractivity contribution is 7.92. The molecule has 1 aliphatic carbocycles. The van der Waals surface area contributed by atoms with Gasteiger partial charge in [-0.3, -0.25) is 13.9 Å². The van der Waals surface area contributed by atoms with Gasteiger partial charge in [0.25, 0.3) is 5.91 Å². The molecule has 0 radical (unpaired) electrons. The van der Waals surface area contributed by atoms with Crippen LogP contribution < -0.4 is 15.4 Å². The number of hydrogen-bond donors (Lipinski definition) is 3. The molecule has 0 spiro atoms. The fourth-order valence-electron chi connectivity index (χ4n) is 4.01. The Morgan fingerprint density at radius 3 is 2.54 bits per heavy atom. The number of nitrogens with zero attached hydrogens (tertiary/aromatic N) is 3. The first kappa shape index (κ1) is 24.8. The van der Waals surface area contributed by atoms with Crippen LogP contribution in [0.25, 0.3) is 28.2 Å². The maximum Gasteiger partial charge on any atom is 0.251 e. The number of nitrogens with one attached hydrogen (secondary N) is 3. The zero-order chi connectivity index (χ0) is 26.2. The molecule has 0 unspecified atom stereocenters. The van der Waals surface area contributed by atoms with Gasteiger partial charge in [0.15, 0.2) is 11.5 Å². The summed E-state index contributed by atoms with van der Waals surface area (Å²) in [6, 6.07) is 14.9. The van der Waals surface area contributed by atoms with Crippen LogP contribution in [0.1, 0.15) is 37.0 Å². The van der Waals surface area contributed by atoms with Crippen molar-refractivity contribution in [2.45, 2.75) is 32.7 Å². The van der Waals surface area contributed by atoms with Gasteiger partial charge in [-0.05, 0) is 43.0 Å². The van der Waals surface area contributed by atoms with Gasteiger partial charge in [0.05, 0.1) is 23.8 Å². The molecule has 5 rings (SSSR count). The summed E-state index contributed by atoms with van der Waals surface area (Å²) in [4.78, 5) is 21.9. The molecule has 1 amide bonds. The van der Waals surface area contributed by atoms with Gasteiger partial charge in [-0.15, -0.1) is 0 Å². The second-order valence-electron chi connectivity index (χ2n) is 9.87. The number of imidazole rings is 1. The van der Waals surface area contributed by atoms with Crippen molar-refractivity contribution in [1.29, 1.82) is 0 Å². The SMILES string of the molecule is CC(C)CNc1nc(-c2cccc(NS(C)(=O)=O)c2)cn2c(-c3ccc(C(=O)NC4CC4)cc3)cnc12. The molecule has 2 heterocycles. The fourth-order valence-corrected chi connectivity index (χ4v) is 4.56. The quantitative estimate of drug-likeness (QED) is 0.302. The summed E-state index contributed by atoms with van der Waals surface area (Å²) in [5, 5.41) is 6.42. The van der Waals surface area contributed by atoms with E-state index in [0.29, 0.717) is 40.4 Å². The molecule has 192 valence electrons. The topological polar surface area (TPSA) is 117 Å². The highest BCUT2D eigenvalue weighted by Gasteiger charge is 2.24. The highest BCUT2D eigenvalue weighted by atomic mass is 32.2. The predicted octanol–water partition coefficient (Wildman–Crippen LogP) is 4.39. The van der Waals surface area contributed by atoms with Crippen molar-refractivity contribution < 1.29 is 13.2 Å². The Morgan fingerprint density at radius 2 is 1.86 bits per heavy atom. The first-order valence-electron chi connectivity index (χ1n) is 12.3. The normalized spacial score (nSPS) is 13.6. The summed E-state index contributed by atoms with van der Waals surface area (Å²) in [5.41, 5.74) is 4.96. The van der Waals surface area contributed by atoms with Crippen LogP contribution in [-0.4, -0.2) is 47.5 Å². The zero-order valence-corrected chi connectivity index (χ0v) is 21.8. The van der Waals surface area contributed by atoms with Crippen LogP contribution in [0.2, 0.25) is 0 Å². The van der Waals surface area contributed by atoms with Gasteiger partial charge in [-0.25, -0.2) is 18.4 Å². The van der Waals surface area contributed by atoms with Crippen LogP contribution >= 0.6 is 0 Å². The van der Waals surface area contributed by atoms with Gasteiger partial charge in [-0.1, -0.05) is 38.1 Å². The average Bonchev–Trinajstić information content (AvgIpc) is 3.56. The van der Waals surface area contributed by atoms with Crippen LogP contribution in [0.15, 0.2) is 60.9 Å². The molecule has 0 saturated heterocycles. The van der Waals surface area contributed by atoms with Crippen molar-refractivity contribution in [1.82, 2.24) is 19.7 Å². The number of anilines is 2. The summed E-state index contributed by atoms with van der Waals surface area (Å²) in [6.45, 7) is 4.95. The van der Waals surface area contributed by atoms with Crippen LogP contribution in [0.5, 0.6) is 0 Å². The van der Waals surface area contributed by atoms with Gasteiger partial charge in [0, 0.05) is 41.2 Å². The van der Waals surface area contributed by atoms with Gasteiger partial charge >= 0.3 is 0 Å². The lowest BCUT2D eigenvalue weighted by Gasteiger charge is -2.13. The van der Waals surface area contributed by atoms with Crippen LogP contribution in [0, 0.1) is 5.92 Å². The maximum absolute atomic E-state index is 12.4. The van der Waals surface area contributed by atoms with E-state index < -0.39 is 10.0 Å². The fraction of sp³-hybridized carbons (Fsp3) is 0.296. The van der Waals surface area contributed by atoms with E-state index in [2.05, 4.69) is 34.2 Å². The molecule has 2 aromatic heterocycles. The van der Waals surface area contributed by atoms with Crippen molar-refractivity contribution in [3.05, 3.63) is 66.5 Å². The Kier molecular flexibility index (Phi) is 6.59. The molecule has 37 heavy (non-hydrogen) atoms.